The van der Waals surface area contributed by atoms with Crippen molar-refractivity contribution >= 4 is 11.7 Å². The van der Waals surface area contributed by atoms with Crippen molar-refractivity contribution in [2.75, 3.05) is 5.32 Å². The molecular formula is C20H22N6O2. The third-order valence-corrected chi connectivity index (χ3v) is 4.57. The highest BCUT2D eigenvalue weighted by Gasteiger charge is 2.16. The van der Waals surface area contributed by atoms with Crippen molar-refractivity contribution in [1.82, 2.24) is 25.1 Å². The van der Waals surface area contributed by atoms with E-state index < -0.39 is 0 Å². The molecule has 2 aromatic heterocycles. The van der Waals surface area contributed by atoms with E-state index in [-0.39, 0.29) is 6.03 Å². The molecule has 2 N–H and O–H groups in total. The Kier molecular flexibility index (Phi) is 5.46. The minimum Gasteiger partial charge on any atom is -0.487 e. The average Bonchev–Trinajstić information content (AvgIpc) is 3.16. The van der Waals surface area contributed by atoms with Gasteiger partial charge in [0.2, 0.25) is 0 Å². The van der Waals surface area contributed by atoms with Gasteiger partial charge in [0.1, 0.15) is 18.2 Å². The zero-order valence-corrected chi connectivity index (χ0v) is 15.5. The van der Waals surface area contributed by atoms with Crippen LogP contribution in [0, 0.1) is 0 Å². The van der Waals surface area contributed by atoms with Crippen molar-refractivity contribution in [2.24, 2.45) is 0 Å². The summed E-state index contributed by atoms with van der Waals surface area (Å²) in [5.74, 6) is 2.51. The summed E-state index contributed by atoms with van der Waals surface area (Å²) in [5, 5.41) is 14.0. The lowest BCUT2D eigenvalue weighted by atomic mass is 10.2. The van der Waals surface area contributed by atoms with Crippen molar-refractivity contribution in [3.63, 3.8) is 0 Å². The van der Waals surface area contributed by atoms with E-state index in [0.717, 1.165) is 43.1 Å². The zero-order valence-electron chi connectivity index (χ0n) is 15.5. The van der Waals surface area contributed by atoms with Gasteiger partial charge >= 0.3 is 6.03 Å². The average molecular weight is 378 g/mol. The molecule has 2 amide bonds. The summed E-state index contributed by atoms with van der Waals surface area (Å²) in [6.07, 6.45) is 4.96. The molecule has 144 valence electrons. The zero-order chi connectivity index (χ0) is 19.2. The summed E-state index contributed by atoms with van der Waals surface area (Å²) in [7, 11) is 0. The van der Waals surface area contributed by atoms with Gasteiger partial charge in [0, 0.05) is 24.8 Å². The molecule has 0 spiro atoms. The normalized spacial score (nSPS) is 12.9. The summed E-state index contributed by atoms with van der Waals surface area (Å²) >= 11 is 0. The lowest BCUT2D eigenvalue weighted by molar-refractivity contribution is 0.251. The Morgan fingerprint density at radius 2 is 2.00 bits per heavy atom. The number of nitrogens with zero attached hydrogens (tertiary/aromatic N) is 4. The highest BCUT2D eigenvalue weighted by atomic mass is 16.5. The lowest BCUT2D eigenvalue weighted by Gasteiger charge is -2.15. The fourth-order valence-electron chi connectivity index (χ4n) is 3.11. The highest BCUT2D eigenvalue weighted by molar-refractivity contribution is 5.89. The number of hydrogen-bond acceptors (Lipinski definition) is 5. The van der Waals surface area contributed by atoms with E-state index in [2.05, 4.69) is 30.4 Å². The Balaban J connectivity index is 1.26. The van der Waals surface area contributed by atoms with Crippen LogP contribution in [0.2, 0.25) is 0 Å². The third-order valence-electron chi connectivity index (χ3n) is 4.57. The Labute approximate surface area is 163 Å². The standard InChI is InChI=1S/C20H22N6O2/c27-20(22-13-19-25-24-18-6-2-4-12-26(18)19)23-15-7-9-17(10-8-15)28-14-16-5-1-3-11-21-16/h1,3,5,7-11H,2,4,6,12-14H2,(H2,22,23,27). The molecule has 0 saturated heterocycles. The topological polar surface area (TPSA) is 94.0 Å². The number of carbonyl (C=O) groups is 1. The first-order chi connectivity index (χ1) is 13.8. The molecule has 1 aliphatic heterocycles. The first-order valence-electron chi connectivity index (χ1n) is 9.36. The largest absolute Gasteiger partial charge is 0.487 e. The summed E-state index contributed by atoms with van der Waals surface area (Å²) in [5.41, 5.74) is 1.55. The molecule has 4 rings (SSSR count). The predicted molar refractivity (Wildman–Crippen MR) is 104 cm³/mol. The number of amides is 2. The molecule has 0 bridgehead atoms. The number of urea groups is 1. The Morgan fingerprint density at radius 1 is 1.11 bits per heavy atom. The fourth-order valence-corrected chi connectivity index (χ4v) is 3.11. The molecule has 3 aromatic rings. The smallest absolute Gasteiger partial charge is 0.319 e. The minimum absolute atomic E-state index is 0.282. The predicted octanol–water partition coefficient (Wildman–Crippen LogP) is 2.91. The van der Waals surface area contributed by atoms with Gasteiger partial charge in [-0.25, -0.2) is 4.79 Å². The maximum Gasteiger partial charge on any atom is 0.319 e. The number of nitrogens with one attached hydrogen (secondary N) is 2. The van der Waals surface area contributed by atoms with Crippen LogP contribution >= 0.6 is 0 Å². The van der Waals surface area contributed by atoms with Gasteiger partial charge < -0.3 is 19.9 Å². The van der Waals surface area contributed by atoms with Gasteiger partial charge in [-0.05, 0) is 49.2 Å². The molecule has 0 saturated carbocycles. The minimum atomic E-state index is -0.282. The number of aromatic nitrogens is 4. The Hall–Kier alpha value is -3.42. The van der Waals surface area contributed by atoms with Crippen molar-refractivity contribution in [3.05, 3.63) is 66.0 Å². The quantitative estimate of drug-likeness (QED) is 0.688. The second-order valence-electron chi connectivity index (χ2n) is 6.58. The monoisotopic (exact) mass is 378 g/mol. The first-order valence-corrected chi connectivity index (χ1v) is 9.36. The second kappa shape index (κ2) is 8.51. The van der Waals surface area contributed by atoms with E-state index in [1.165, 1.54) is 0 Å². The molecule has 0 aliphatic carbocycles. The number of carbonyl (C=O) groups excluding carboxylic acids is 1. The summed E-state index contributed by atoms with van der Waals surface area (Å²) in [4.78, 5) is 16.4. The van der Waals surface area contributed by atoms with Crippen molar-refractivity contribution in [1.29, 1.82) is 0 Å². The molecule has 8 nitrogen and oxygen atoms in total. The maximum absolute atomic E-state index is 12.2. The number of aryl methyl sites for hydroxylation is 1. The summed E-state index contributed by atoms with van der Waals surface area (Å²) < 4.78 is 7.79. The highest BCUT2D eigenvalue weighted by Crippen LogP contribution is 2.17. The number of anilines is 1. The van der Waals surface area contributed by atoms with Gasteiger partial charge in [-0.15, -0.1) is 10.2 Å². The van der Waals surface area contributed by atoms with E-state index in [1.54, 1.807) is 18.3 Å². The van der Waals surface area contributed by atoms with Crippen molar-refractivity contribution in [3.8, 4) is 5.75 Å². The molecule has 3 heterocycles. The molecule has 8 heteroatoms. The number of hydrogen-bond donors (Lipinski definition) is 2. The molecule has 1 aromatic carbocycles. The third kappa shape index (κ3) is 4.46. The molecule has 1 aliphatic rings. The number of ether oxygens (including phenoxy) is 1. The lowest BCUT2D eigenvalue weighted by Crippen LogP contribution is -2.29. The van der Waals surface area contributed by atoms with Crippen molar-refractivity contribution < 1.29 is 9.53 Å². The number of fused-ring (bicyclic) bond motifs is 1. The molecule has 28 heavy (non-hydrogen) atoms. The molecule has 0 radical (unpaired) electrons. The van der Waals surface area contributed by atoms with Gasteiger partial charge in [-0.2, -0.15) is 0 Å². The Bertz CT molecular complexity index is 924. The number of benzene rings is 1. The molecule has 0 atom stereocenters. The van der Waals surface area contributed by atoms with Gasteiger partial charge in [-0.3, -0.25) is 4.98 Å². The van der Waals surface area contributed by atoms with E-state index in [0.29, 0.717) is 24.6 Å². The van der Waals surface area contributed by atoms with E-state index >= 15 is 0 Å². The Morgan fingerprint density at radius 3 is 2.82 bits per heavy atom. The summed E-state index contributed by atoms with van der Waals surface area (Å²) in [6, 6.07) is 12.6. The van der Waals surface area contributed by atoms with Gasteiger partial charge in [-0.1, -0.05) is 6.07 Å². The van der Waals surface area contributed by atoms with Crippen LogP contribution in [0.15, 0.2) is 48.7 Å². The number of rotatable bonds is 6. The maximum atomic E-state index is 12.2. The first kappa shape index (κ1) is 18.0. The van der Waals surface area contributed by atoms with Crippen LogP contribution < -0.4 is 15.4 Å². The van der Waals surface area contributed by atoms with Crippen LogP contribution in [0.5, 0.6) is 5.75 Å². The van der Waals surface area contributed by atoms with E-state index in [4.69, 9.17) is 4.74 Å². The van der Waals surface area contributed by atoms with Crippen LogP contribution in [0.4, 0.5) is 10.5 Å². The van der Waals surface area contributed by atoms with E-state index in [1.807, 2.05) is 30.3 Å². The molecule has 0 unspecified atom stereocenters. The van der Waals surface area contributed by atoms with Gasteiger partial charge in [0.05, 0.1) is 12.2 Å². The van der Waals surface area contributed by atoms with E-state index in [9.17, 15) is 4.79 Å². The van der Waals surface area contributed by atoms with Crippen LogP contribution in [0.1, 0.15) is 30.2 Å². The second-order valence-corrected chi connectivity index (χ2v) is 6.58. The van der Waals surface area contributed by atoms with Gasteiger partial charge in [0.15, 0.2) is 5.82 Å². The fraction of sp³-hybridized carbons (Fsp3) is 0.300. The van der Waals surface area contributed by atoms with Gasteiger partial charge in [0.25, 0.3) is 0 Å². The van der Waals surface area contributed by atoms with Crippen LogP contribution in [0.25, 0.3) is 0 Å². The van der Waals surface area contributed by atoms with Crippen LogP contribution in [-0.2, 0) is 26.1 Å². The van der Waals surface area contributed by atoms with Crippen LogP contribution in [-0.4, -0.2) is 25.8 Å². The molecular weight excluding hydrogens is 356 g/mol. The number of pyridine rings is 1. The SMILES string of the molecule is O=C(NCc1nnc2n1CCCC2)Nc1ccc(OCc2ccccn2)cc1. The summed E-state index contributed by atoms with van der Waals surface area (Å²) in [6.45, 7) is 1.67. The van der Waals surface area contributed by atoms with Crippen molar-refractivity contribution in [2.45, 2.75) is 39.0 Å². The molecule has 0 fully saturated rings. The van der Waals surface area contributed by atoms with Crippen LogP contribution in [0.3, 0.4) is 0 Å².